The quantitative estimate of drug-likeness (QED) is 0.531. The first kappa shape index (κ1) is 23.2. The van der Waals surface area contributed by atoms with Gasteiger partial charge in [-0.3, -0.25) is 9.59 Å². The molecule has 0 unspecified atom stereocenters. The maximum Gasteiger partial charge on any atom is 0.270 e. The van der Waals surface area contributed by atoms with Gasteiger partial charge in [-0.15, -0.1) is 10.2 Å². The number of carbonyl (C=O) groups is 2. The molecular weight excluding hydrogens is 440 g/mol. The molecule has 3 heterocycles. The monoisotopic (exact) mass is 466 g/mol. The Hall–Kier alpha value is -3.93. The Morgan fingerprint density at radius 1 is 1.26 bits per heavy atom. The van der Waals surface area contributed by atoms with Gasteiger partial charge in [0.15, 0.2) is 0 Å². The van der Waals surface area contributed by atoms with E-state index in [9.17, 15) is 9.59 Å². The maximum atomic E-state index is 12.7. The van der Waals surface area contributed by atoms with Crippen LogP contribution in [0.4, 0.5) is 0 Å². The van der Waals surface area contributed by atoms with Crippen molar-refractivity contribution in [3.63, 3.8) is 0 Å². The molecule has 1 atom stereocenters. The zero-order valence-electron chi connectivity index (χ0n) is 19.3. The number of hydrogen-bond donors (Lipinski definition) is 1. The minimum absolute atomic E-state index is 0.00852. The molecule has 0 aliphatic carbocycles. The fourth-order valence-corrected chi connectivity index (χ4v) is 3.57. The number of nitrogens with zero attached hydrogens (tertiary/aromatic N) is 7. The number of ether oxygens (including phenoxy) is 2. The first-order valence-electron chi connectivity index (χ1n) is 10.8. The van der Waals surface area contributed by atoms with E-state index in [0.29, 0.717) is 50.1 Å². The third kappa shape index (κ3) is 5.70. The summed E-state index contributed by atoms with van der Waals surface area (Å²) >= 11 is 0. The molecule has 0 radical (unpaired) electrons. The highest BCUT2D eigenvalue weighted by Crippen LogP contribution is 2.15. The average Bonchev–Trinajstić information content (AvgIpc) is 3.31. The molecule has 0 spiro atoms. The lowest BCUT2D eigenvalue weighted by atomic mass is 10.2. The molecule has 0 saturated carbocycles. The van der Waals surface area contributed by atoms with Crippen molar-refractivity contribution in [3.8, 4) is 17.3 Å². The number of aryl methyl sites for hydroxylation is 1. The Morgan fingerprint density at radius 2 is 2.12 bits per heavy atom. The van der Waals surface area contributed by atoms with Crippen molar-refractivity contribution in [2.75, 3.05) is 26.8 Å². The van der Waals surface area contributed by atoms with Gasteiger partial charge in [0.2, 0.25) is 11.7 Å². The summed E-state index contributed by atoms with van der Waals surface area (Å²) in [5.74, 6) is 1.06. The molecule has 3 aromatic rings. The molecule has 12 heteroatoms. The maximum absolute atomic E-state index is 12.7. The number of hydrogen-bond acceptors (Lipinski definition) is 9. The molecule has 12 nitrogen and oxygen atoms in total. The molecule has 2 aromatic heterocycles. The van der Waals surface area contributed by atoms with Crippen LogP contribution in [0.2, 0.25) is 0 Å². The molecule has 1 saturated heterocycles. The van der Waals surface area contributed by atoms with Crippen molar-refractivity contribution < 1.29 is 19.1 Å². The van der Waals surface area contributed by atoms with E-state index in [1.807, 2.05) is 24.3 Å². The van der Waals surface area contributed by atoms with Gasteiger partial charge in [0.05, 0.1) is 26.4 Å². The van der Waals surface area contributed by atoms with Crippen LogP contribution < -0.4 is 10.1 Å². The fraction of sp³-hybridized carbons (Fsp3) is 0.409. The molecule has 2 amide bonds. The molecule has 1 aromatic carbocycles. The highest BCUT2D eigenvalue weighted by Gasteiger charge is 2.24. The van der Waals surface area contributed by atoms with Gasteiger partial charge >= 0.3 is 0 Å². The summed E-state index contributed by atoms with van der Waals surface area (Å²) in [5.41, 5.74) is 1.49. The lowest BCUT2D eigenvalue weighted by Gasteiger charge is -2.31. The summed E-state index contributed by atoms with van der Waals surface area (Å²) in [6, 6.07) is 8.98. The number of tetrazole rings is 1. The van der Waals surface area contributed by atoms with Crippen LogP contribution in [-0.4, -0.2) is 79.8 Å². The lowest BCUT2D eigenvalue weighted by molar-refractivity contribution is -0.137. The highest BCUT2D eigenvalue weighted by molar-refractivity contribution is 5.93. The molecule has 0 bridgehead atoms. The second-order valence-electron chi connectivity index (χ2n) is 7.85. The SMILES string of the molecule is COc1cccc(CNC(=O)c2cc(-c3nnn(C[C@H]4CN(C(C)=O)CCO4)n3)nc(C)n2)c1. The summed E-state index contributed by atoms with van der Waals surface area (Å²) < 4.78 is 10.9. The van der Waals surface area contributed by atoms with E-state index in [0.717, 1.165) is 5.56 Å². The molecular formula is C22H26N8O4. The zero-order valence-corrected chi connectivity index (χ0v) is 19.3. The van der Waals surface area contributed by atoms with E-state index in [2.05, 4.69) is 30.7 Å². The van der Waals surface area contributed by atoms with Crippen LogP contribution in [0.5, 0.6) is 5.75 Å². The summed E-state index contributed by atoms with van der Waals surface area (Å²) in [5, 5.41) is 15.4. The fourth-order valence-electron chi connectivity index (χ4n) is 3.57. The number of carbonyl (C=O) groups excluding carboxylic acids is 2. The Labute approximate surface area is 196 Å². The van der Waals surface area contributed by atoms with E-state index < -0.39 is 0 Å². The van der Waals surface area contributed by atoms with E-state index in [1.165, 1.54) is 17.8 Å². The van der Waals surface area contributed by atoms with Crippen LogP contribution in [0, 0.1) is 6.92 Å². The van der Waals surface area contributed by atoms with Crippen molar-refractivity contribution >= 4 is 11.8 Å². The molecule has 34 heavy (non-hydrogen) atoms. The summed E-state index contributed by atoms with van der Waals surface area (Å²) in [4.78, 5) is 36.1. The van der Waals surface area contributed by atoms with E-state index in [1.54, 1.807) is 18.9 Å². The third-order valence-electron chi connectivity index (χ3n) is 5.29. The summed E-state index contributed by atoms with van der Waals surface area (Å²) in [6.45, 7) is 5.40. The Balaban J connectivity index is 1.43. The molecule has 4 rings (SSSR count). The predicted molar refractivity (Wildman–Crippen MR) is 120 cm³/mol. The van der Waals surface area contributed by atoms with Gasteiger partial charge in [0, 0.05) is 26.6 Å². The molecule has 1 fully saturated rings. The van der Waals surface area contributed by atoms with Gasteiger partial charge in [0.25, 0.3) is 5.91 Å². The van der Waals surface area contributed by atoms with E-state index >= 15 is 0 Å². The molecule has 1 aliphatic rings. The average molecular weight is 467 g/mol. The minimum atomic E-state index is -0.345. The topological polar surface area (TPSA) is 137 Å². The number of methoxy groups -OCH3 is 1. The smallest absolute Gasteiger partial charge is 0.270 e. The van der Waals surface area contributed by atoms with Crippen molar-refractivity contribution in [1.82, 2.24) is 40.4 Å². The van der Waals surface area contributed by atoms with Crippen LogP contribution in [0.15, 0.2) is 30.3 Å². The predicted octanol–water partition coefficient (Wildman–Crippen LogP) is 0.624. The highest BCUT2D eigenvalue weighted by atomic mass is 16.5. The van der Waals surface area contributed by atoms with Crippen LogP contribution in [0.3, 0.4) is 0 Å². The van der Waals surface area contributed by atoms with E-state index in [4.69, 9.17) is 9.47 Å². The van der Waals surface area contributed by atoms with Crippen molar-refractivity contribution in [3.05, 3.63) is 47.4 Å². The second kappa shape index (κ2) is 10.3. The van der Waals surface area contributed by atoms with Crippen LogP contribution in [-0.2, 0) is 22.6 Å². The van der Waals surface area contributed by atoms with Gasteiger partial charge in [-0.1, -0.05) is 12.1 Å². The Kier molecular flexibility index (Phi) is 7.07. The van der Waals surface area contributed by atoms with Gasteiger partial charge in [-0.25, -0.2) is 9.97 Å². The van der Waals surface area contributed by atoms with Crippen LogP contribution in [0.1, 0.15) is 28.8 Å². The van der Waals surface area contributed by atoms with Crippen molar-refractivity contribution in [2.24, 2.45) is 0 Å². The molecule has 1 N–H and O–H groups in total. The van der Waals surface area contributed by atoms with E-state index in [-0.39, 0.29) is 29.4 Å². The summed E-state index contributed by atoms with van der Waals surface area (Å²) in [7, 11) is 1.59. The largest absolute Gasteiger partial charge is 0.497 e. The first-order valence-corrected chi connectivity index (χ1v) is 10.8. The van der Waals surface area contributed by atoms with Gasteiger partial charge in [-0.2, -0.15) is 4.80 Å². The van der Waals surface area contributed by atoms with Gasteiger partial charge in [-0.05, 0) is 35.9 Å². The molecule has 178 valence electrons. The summed E-state index contributed by atoms with van der Waals surface area (Å²) in [6.07, 6.45) is -0.232. The standard InChI is InChI=1S/C22H26N8O4/c1-14-24-19(10-20(25-14)22(32)23-11-16-5-4-6-17(9-16)33-3)21-26-28-30(27-21)13-18-12-29(15(2)31)7-8-34-18/h4-6,9-10,18H,7-8,11-13H2,1-3H3,(H,23,32)/t18-/m1/s1. The normalized spacial score (nSPS) is 15.7. The number of benzene rings is 1. The van der Waals surface area contributed by atoms with Crippen LogP contribution in [0.25, 0.3) is 11.5 Å². The Morgan fingerprint density at radius 3 is 2.91 bits per heavy atom. The number of amides is 2. The molecule has 1 aliphatic heterocycles. The minimum Gasteiger partial charge on any atom is -0.497 e. The van der Waals surface area contributed by atoms with Gasteiger partial charge < -0.3 is 19.7 Å². The number of rotatable bonds is 7. The number of morpholine rings is 1. The van der Waals surface area contributed by atoms with Crippen LogP contribution >= 0.6 is 0 Å². The van der Waals surface area contributed by atoms with Crippen molar-refractivity contribution in [2.45, 2.75) is 33.0 Å². The number of aromatic nitrogens is 6. The third-order valence-corrected chi connectivity index (χ3v) is 5.29. The Bertz CT molecular complexity index is 1180. The number of nitrogens with one attached hydrogen (secondary N) is 1. The van der Waals surface area contributed by atoms with Gasteiger partial charge in [0.1, 0.15) is 23.0 Å². The van der Waals surface area contributed by atoms with Crippen molar-refractivity contribution in [1.29, 1.82) is 0 Å². The zero-order chi connectivity index (χ0) is 24.1. The lowest BCUT2D eigenvalue weighted by Crippen LogP contribution is -2.46. The second-order valence-corrected chi connectivity index (χ2v) is 7.85. The first-order chi connectivity index (χ1) is 16.4.